The summed E-state index contributed by atoms with van der Waals surface area (Å²) in [5.74, 6) is 5.45. The first kappa shape index (κ1) is 11.0. The third-order valence-electron chi connectivity index (χ3n) is 2.05. The molecule has 3 heteroatoms. The van der Waals surface area contributed by atoms with Crippen molar-refractivity contribution < 1.29 is 0 Å². The summed E-state index contributed by atoms with van der Waals surface area (Å²) in [5.41, 5.74) is -0.831. The van der Waals surface area contributed by atoms with E-state index in [4.69, 9.17) is 17.5 Å². The number of thiocarbonyl (C=S) groups is 1. The highest BCUT2D eigenvalue weighted by Gasteiger charge is 2.36. The van der Waals surface area contributed by atoms with Gasteiger partial charge in [-0.25, -0.2) is 0 Å². The molecule has 0 amide bonds. The van der Waals surface area contributed by atoms with Gasteiger partial charge in [-0.15, -0.1) is 18.5 Å². The fourth-order valence-corrected chi connectivity index (χ4v) is 1.93. The molecule has 0 aromatic heterocycles. The molecule has 0 aromatic rings. The first-order valence-corrected chi connectivity index (χ1v) is 4.96. The van der Waals surface area contributed by atoms with Gasteiger partial charge in [0.15, 0.2) is 0 Å². The zero-order valence-electron chi connectivity index (χ0n) is 7.69. The van der Waals surface area contributed by atoms with Crippen molar-refractivity contribution in [3.8, 4) is 17.9 Å². The van der Waals surface area contributed by atoms with E-state index < -0.39 is 5.41 Å². The molecular formula is C11H9NS2. The number of allylic oxidation sites excluding steroid dienone is 4. The minimum Gasteiger partial charge on any atom is -0.196 e. The maximum Gasteiger partial charge on any atom is 0.147 e. The first-order valence-electron chi connectivity index (χ1n) is 4.10. The molecule has 1 aliphatic rings. The molecule has 14 heavy (non-hydrogen) atoms. The van der Waals surface area contributed by atoms with Gasteiger partial charge in [-0.3, -0.25) is 0 Å². The van der Waals surface area contributed by atoms with Crippen LogP contribution >= 0.6 is 24.8 Å². The van der Waals surface area contributed by atoms with Gasteiger partial charge in [0.25, 0.3) is 0 Å². The van der Waals surface area contributed by atoms with Crippen LogP contribution in [0.3, 0.4) is 0 Å². The second-order valence-electron chi connectivity index (χ2n) is 2.92. The highest BCUT2D eigenvalue weighted by molar-refractivity contribution is 8.11. The molecule has 0 saturated heterocycles. The summed E-state index contributed by atoms with van der Waals surface area (Å²) in [5, 5.41) is 9.16. The van der Waals surface area contributed by atoms with Crippen LogP contribution < -0.4 is 0 Å². The van der Waals surface area contributed by atoms with E-state index in [9.17, 15) is 0 Å². The Morgan fingerprint density at radius 1 is 1.57 bits per heavy atom. The molecule has 1 nitrogen and oxygen atoms in total. The fourth-order valence-electron chi connectivity index (χ4n) is 1.38. The van der Waals surface area contributed by atoms with Crippen molar-refractivity contribution in [2.45, 2.75) is 6.92 Å². The summed E-state index contributed by atoms with van der Waals surface area (Å²) in [6.07, 6.45) is 7.32. The van der Waals surface area contributed by atoms with Crippen LogP contribution in [0.4, 0.5) is 0 Å². The summed E-state index contributed by atoms with van der Waals surface area (Å²) in [4.78, 5) is 0. The first-order chi connectivity index (χ1) is 6.66. The van der Waals surface area contributed by atoms with Gasteiger partial charge in [0, 0.05) is 0 Å². The van der Waals surface area contributed by atoms with Gasteiger partial charge in [-0.2, -0.15) is 5.26 Å². The zero-order chi connectivity index (χ0) is 10.6. The van der Waals surface area contributed by atoms with Crippen molar-refractivity contribution in [3.05, 3.63) is 24.3 Å². The molecular weight excluding hydrogens is 210 g/mol. The summed E-state index contributed by atoms with van der Waals surface area (Å²) >= 11 is 9.13. The van der Waals surface area contributed by atoms with Crippen LogP contribution in [0.1, 0.15) is 6.92 Å². The Morgan fingerprint density at radius 3 is 2.79 bits per heavy atom. The van der Waals surface area contributed by atoms with Crippen molar-refractivity contribution >= 4 is 29.0 Å². The van der Waals surface area contributed by atoms with Gasteiger partial charge in [0.1, 0.15) is 5.41 Å². The maximum atomic E-state index is 9.16. The highest BCUT2D eigenvalue weighted by atomic mass is 32.1. The average molecular weight is 219 g/mol. The molecule has 0 bridgehead atoms. The second kappa shape index (κ2) is 4.46. The topological polar surface area (TPSA) is 23.8 Å². The van der Waals surface area contributed by atoms with Crippen molar-refractivity contribution in [3.63, 3.8) is 0 Å². The monoisotopic (exact) mass is 219 g/mol. The Bertz CT molecular complexity index is 403. The summed E-state index contributed by atoms with van der Waals surface area (Å²) in [6.45, 7) is 1.71. The number of hydrogen-bond donors (Lipinski definition) is 1. The van der Waals surface area contributed by atoms with E-state index in [0.717, 1.165) is 0 Å². The van der Waals surface area contributed by atoms with E-state index in [-0.39, 0.29) is 5.92 Å². The Hall–Kier alpha value is -1.03. The van der Waals surface area contributed by atoms with E-state index in [1.165, 1.54) is 0 Å². The third-order valence-corrected chi connectivity index (χ3v) is 2.58. The minimum absolute atomic E-state index is 0.205. The minimum atomic E-state index is -0.831. The summed E-state index contributed by atoms with van der Waals surface area (Å²) in [6, 6.07) is 2.20. The lowest BCUT2D eigenvalue weighted by Crippen LogP contribution is -2.29. The number of rotatable bonds is 1. The Labute approximate surface area is 94.9 Å². The Balaban J connectivity index is 3.21. The SMILES string of the molecule is CC#CC1(C#N)C=CC=CC1C(=S)S. The van der Waals surface area contributed by atoms with Crippen LogP contribution in [0, 0.1) is 34.5 Å². The lowest BCUT2D eigenvalue weighted by Gasteiger charge is -2.26. The Morgan fingerprint density at radius 2 is 2.29 bits per heavy atom. The molecule has 1 rings (SSSR count). The summed E-state index contributed by atoms with van der Waals surface area (Å²) < 4.78 is 0.495. The maximum absolute atomic E-state index is 9.16. The molecule has 0 aromatic carbocycles. The van der Waals surface area contributed by atoms with Gasteiger partial charge >= 0.3 is 0 Å². The average Bonchev–Trinajstić information content (AvgIpc) is 2.18. The third kappa shape index (κ3) is 1.90. The highest BCUT2D eigenvalue weighted by Crippen LogP contribution is 2.34. The molecule has 0 spiro atoms. The normalized spacial score (nSPS) is 28.8. The molecule has 2 unspecified atom stereocenters. The van der Waals surface area contributed by atoms with E-state index >= 15 is 0 Å². The Kier molecular flexibility index (Phi) is 3.52. The van der Waals surface area contributed by atoms with Gasteiger partial charge < -0.3 is 0 Å². The van der Waals surface area contributed by atoms with Crippen LogP contribution in [0.2, 0.25) is 0 Å². The molecule has 0 saturated carbocycles. The van der Waals surface area contributed by atoms with Gasteiger partial charge in [-0.1, -0.05) is 42.4 Å². The second-order valence-corrected chi connectivity index (χ2v) is 4.14. The largest absolute Gasteiger partial charge is 0.196 e. The van der Waals surface area contributed by atoms with E-state index in [1.54, 1.807) is 13.0 Å². The number of thiol groups is 1. The molecule has 0 aliphatic heterocycles. The lowest BCUT2D eigenvalue weighted by molar-refractivity contribution is 0.594. The number of nitrogens with zero attached hydrogens (tertiary/aromatic N) is 1. The number of hydrogen-bond acceptors (Lipinski definition) is 2. The zero-order valence-corrected chi connectivity index (χ0v) is 9.40. The van der Waals surface area contributed by atoms with Crippen LogP contribution in [-0.2, 0) is 0 Å². The van der Waals surface area contributed by atoms with Crippen LogP contribution in [-0.4, -0.2) is 4.20 Å². The van der Waals surface area contributed by atoms with Crippen LogP contribution in [0.5, 0.6) is 0 Å². The molecule has 1 aliphatic carbocycles. The van der Waals surface area contributed by atoms with Gasteiger partial charge in [-0.05, 0) is 6.92 Å². The standard InChI is InChI=1S/C11H9NS2/c1-2-6-11(8-12)7-4-3-5-9(11)10(13)14/h3-5,7,9H,1H3,(H,13,14). The molecule has 0 radical (unpaired) electrons. The molecule has 2 atom stereocenters. The fraction of sp³-hybridized carbons (Fsp3) is 0.273. The van der Waals surface area contributed by atoms with E-state index in [0.29, 0.717) is 4.20 Å². The lowest BCUT2D eigenvalue weighted by atomic mass is 9.75. The predicted molar refractivity (Wildman–Crippen MR) is 64.9 cm³/mol. The molecule has 0 N–H and O–H groups in total. The van der Waals surface area contributed by atoms with Crippen LogP contribution in [0.25, 0.3) is 0 Å². The van der Waals surface area contributed by atoms with Crippen LogP contribution in [0.15, 0.2) is 24.3 Å². The van der Waals surface area contributed by atoms with Gasteiger partial charge in [0.05, 0.1) is 16.2 Å². The molecule has 0 heterocycles. The van der Waals surface area contributed by atoms with Crippen molar-refractivity contribution in [1.82, 2.24) is 0 Å². The predicted octanol–water partition coefficient (Wildman–Crippen LogP) is 2.52. The van der Waals surface area contributed by atoms with Crippen molar-refractivity contribution in [2.75, 3.05) is 0 Å². The molecule has 0 fully saturated rings. The molecule has 70 valence electrons. The van der Waals surface area contributed by atoms with Crippen molar-refractivity contribution in [2.24, 2.45) is 11.3 Å². The smallest absolute Gasteiger partial charge is 0.147 e. The van der Waals surface area contributed by atoms with Gasteiger partial charge in [0.2, 0.25) is 0 Å². The summed E-state index contributed by atoms with van der Waals surface area (Å²) in [7, 11) is 0. The van der Waals surface area contributed by atoms with Crippen molar-refractivity contribution in [1.29, 1.82) is 5.26 Å². The quantitative estimate of drug-likeness (QED) is 0.416. The number of nitriles is 1. The van der Waals surface area contributed by atoms with E-state index in [1.807, 2.05) is 18.2 Å². The van der Waals surface area contributed by atoms with E-state index in [2.05, 4.69) is 30.5 Å².